The first-order valence-electron chi connectivity index (χ1n) is 9.38. The molecule has 0 aliphatic heterocycles. The van der Waals surface area contributed by atoms with E-state index in [4.69, 9.17) is 0 Å². The average Bonchev–Trinajstić information content (AvgIpc) is 3.08. The van der Waals surface area contributed by atoms with Gasteiger partial charge in [-0.15, -0.1) is 11.3 Å². The molecule has 0 atom stereocenters. The zero-order chi connectivity index (χ0) is 23.7. The zero-order valence-electron chi connectivity index (χ0n) is 17.4. The number of halogens is 3. The highest BCUT2D eigenvalue weighted by molar-refractivity contribution is 7.89. The van der Waals surface area contributed by atoms with Crippen LogP contribution in [0.1, 0.15) is 26.5 Å². The van der Waals surface area contributed by atoms with E-state index >= 15 is 0 Å². The third kappa shape index (κ3) is 5.72. The number of rotatable bonds is 6. The highest BCUT2D eigenvalue weighted by Crippen LogP contribution is 2.31. The summed E-state index contributed by atoms with van der Waals surface area (Å²) in [5, 5.41) is 3.37. The first-order chi connectivity index (χ1) is 14.9. The molecule has 2 aromatic carbocycles. The molecule has 1 heterocycles. The zero-order valence-corrected chi connectivity index (χ0v) is 19.0. The third-order valence-electron chi connectivity index (χ3n) is 4.50. The molecule has 3 aromatic rings. The highest BCUT2D eigenvalue weighted by Gasteiger charge is 2.30. The van der Waals surface area contributed by atoms with Crippen molar-refractivity contribution in [2.75, 3.05) is 11.9 Å². The number of thiazole rings is 1. The SMILES string of the molecule is Cc1ccc(-c2nc(C)c(C(=O)Nc3ccc(S(=O)(=O)NCC(F)(F)F)cc3)s2)c(C)c1. The summed E-state index contributed by atoms with van der Waals surface area (Å²) in [7, 11) is -4.32. The Bertz CT molecular complexity index is 1250. The number of nitrogens with zero attached hydrogens (tertiary/aromatic N) is 1. The molecule has 32 heavy (non-hydrogen) atoms. The van der Waals surface area contributed by atoms with Crippen molar-refractivity contribution in [3.8, 4) is 10.6 Å². The van der Waals surface area contributed by atoms with Gasteiger partial charge < -0.3 is 5.32 Å². The average molecular weight is 484 g/mol. The molecule has 2 N–H and O–H groups in total. The van der Waals surface area contributed by atoms with Crippen molar-refractivity contribution in [3.63, 3.8) is 0 Å². The van der Waals surface area contributed by atoms with E-state index in [1.54, 1.807) is 6.92 Å². The van der Waals surface area contributed by atoms with Gasteiger partial charge in [-0.05, 0) is 50.6 Å². The van der Waals surface area contributed by atoms with Crippen LogP contribution in [0.4, 0.5) is 18.9 Å². The van der Waals surface area contributed by atoms with E-state index < -0.39 is 28.7 Å². The Morgan fingerprint density at radius 3 is 2.31 bits per heavy atom. The number of carbonyl (C=O) groups excluding carboxylic acids is 1. The van der Waals surface area contributed by atoms with Gasteiger partial charge >= 0.3 is 6.18 Å². The van der Waals surface area contributed by atoms with Gasteiger partial charge in [-0.1, -0.05) is 23.8 Å². The van der Waals surface area contributed by atoms with Gasteiger partial charge in [0.1, 0.15) is 16.4 Å². The lowest BCUT2D eigenvalue weighted by Gasteiger charge is -2.10. The lowest BCUT2D eigenvalue weighted by Crippen LogP contribution is -2.33. The van der Waals surface area contributed by atoms with Gasteiger partial charge in [-0.25, -0.2) is 18.1 Å². The van der Waals surface area contributed by atoms with Crippen LogP contribution in [-0.2, 0) is 10.0 Å². The fourth-order valence-corrected chi connectivity index (χ4v) is 5.01. The smallest absolute Gasteiger partial charge is 0.321 e. The van der Waals surface area contributed by atoms with Crippen molar-refractivity contribution >= 4 is 33.0 Å². The normalized spacial score (nSPS) is 12.1. The molecule has 0 fully saturated rings. The van der Waals surface area contributed by atoms with Crippen LogP contribution in [0.15, 0.2) is 47.4 Å². The Kier molecular flexibility index (Phi) is 6.72. The topological polar surface area (TPSA) is 88.2 Å². The van der Waals surface area contributed by atoms with E-state index in [-0.39, 0.29) is 4.90 Å². The van der Waals surface area contributed by atoms with Crippen LogP contribution in [0.2, 0.25) is 0 Å². The van der Waals surface area contributed by atoms with Crippen molar-refractivity contribution < 1.29 is 26.4 Å². The van der Waals surface area contributed by atoms with Crippen LogP contribution < -0.4 is 10.0 Å². The summed E-state index contributed by atoms with van der Waals surface area (Å²) < 4.78 is 62.2. The van der Waals surface area contributed by atoms with Crippen molar-refractivity contribution in [1.29, 1.82) is 0 Å². The van der Waals surface area contributed by atoms with Crippen molar-refractivity contribution in [1.82, 2.24) is 9.71 Å². The second-order valence-electron chi connectivity index (χ2n) is 7.17. The molecule has 1 amide bonds. The molecule has 0 aliphatic rings. The van der Waals surface area contributed by atoms with E-state index in [9.17, 15) is 26.4 Å². The van der Waals surface area contributed by atoms with Crippen molar-refractivity contribution in [2.45, 2.75) is 31.8 Å². The number of aryl methyl sites for hydroxylation is 3. The number of benzene rings is 2. The van der Waals surface area contributed by atoms with Crippen molar-refractivity contribution in [3.05, 3.63) is 64.2 Å². The van der Waals surface area contributed by atoms with E-state index in [1.807, 2.05) is 32.0 Å². The molecule has 0 radical (unpaired) electrons. The van der Waals surface area contributed by atoms with Gasteiger partial charge in [0, 0.05) is 11.3 Å². The summed E-state index contributed by atoms with van der Waals surface area (Å²) in [4.78, 5) is 17.3. The third-order valence-corrected chi connectivity index (χ3v) is 7.11. The summed E-state index contributed by atoms with van der Waals surface area (Å²) in [5.74, 6) is -0.415. The van der Waals surface area contributed by atoms with Gasteiger partial charge in [0.25, 0.3) is 5.91 Å². The Hall–Kier alpha value is -2.76. The van der Waals surface area contributed by atoms with Gasteiger partial charge in [-0.3, -0.25) is 4.79 Å². The van der Waals surface area contributed by atoms with Crippen LogP contribution in [0, 0.1) is 20.8 Å². The van der Waals surface area contributed by atoms with E-state index in [1.165, 1.54) is 28.2 Å². The Morgan fingerprint density at radius 2 is 1.72 bits per heavy atom. The van der Waals surface area contributed by atoms with Crippen molar-refractivity contribution in [2.24, 2.45) is 0 Å². The van der Waals surface area contributed by atoms with Crippen LogP contribution >= 0.6 is 11.3 Å². The molecule has 6 nitrogen and oxygen atoms in total. The Morgan fingerprint density at radius 1 is 1.06 bits per heavy atom. The number of hydrogen-bond acceptors (Lipinski definition) is 5. The Labute approximate surface area is 187 Å². The molecule has 0 saturated heterocycles. The van der Waals surface area contributed by atoms with Gasteiger partial charge in [-0.2, -0.15) is 13.2 Å². The monoisotopic (exact) mass is 483 g/mol. The predicted molar refractivity (Wildman–Crippen MR) is 117 cm³/mol. The maximum absolute atomic E-state index is 12.7. The molecule has 0 spiro atoms. The summed E-state index contributed by atoms with van der Waals surface area (Å²) in [5.41, 5.74) is 3.95. The van der Waals surface area contributed by atoms with Gasteiger partial charge in [0.2, 0.25) is 10.0 Å². The summed E-state index contributed by atoms with van der Waals surface area (Å²) in [6, 6.07) is 10.8. The number of hydrogen-bond donors (Lipinski definition) is 2. The highest BCUT2D eigenvalue weighted by atomic mass is 32.2. The minimum absolute atomic E-state index is 0.297. The van der Waals surface area contributed by atoms with E-state index in [0.29, 0.717) is 21.3 Å². The number of aromatic nitrogens is 1. The second-order valence-corrected chi connectivity index (χ2v) is 9.94. The molecule has 0 saturated carbocycles. The lowest BCUT2D eigenvalue weighted by molar-refractivity contribution is -0.121. The standard InChI is InChI=1S/C21H20F3N3O3S2/c1-12-4-9-17(13(2)10-12)20-26-14(3)18(31-20)19(28)27-15-5-7-16(8-6-15)32(29,30)25-11-21(22,23)24/h4-10,25H,11H2,1-3H3,(H,27,28). The minimum atomic E-state index is -4.66. The number of anilines is 1. The lowest BCUT2D eigenvalue weighted by atomic mass is 10.1. The molecule has 0 bridgehead atoms. The largest absolute Gasteiger partial charge is 0.402 e. The Balaban J connectivity index is 1.75. The van der Waals surface area contributed by atoms with Crippen LogP contribution in [0.5, 0.6) is 0 Å². The van der Waals surface area contributed by atoms with Gasteiger partial charge in [0.05, 0.1) is 10.6 Å². The van der Waals surface area contributed by atoms with Gasteiger partial charge in [0.15, 0.2) is 0 Å². The predicted octanol–water partition coefficient (Wildman–Crippen LogP) is 4.83. The maximum atomic E-state index is 12.7. The minimum Gasteiger partial charge on any atom is -0.321 e. The number of carbonyl (C=O) groups is 1. The molecule has 11 heteroatoms. The molecular formula is C21H20F3N3O3S2. The summed E-state index contributed by atoms with van der Waals surface area (Å²) in [6.45, 7) is 4.02. The first-order valence-corrected chi connectivity index (χ1v) is 11.7. The molecule has 0 unspecified atom stereocenters. The number of sulfonamides is 1. The van der Waals surface area contributed by atoms with Crippen LogP contribution in [0.25, 0.3) is 10.6 Å². The molecule has 170 valence electrons. The van der Waals surface area contributed by atoms with Crippen LogP contribution in [0.3, 0.4) is 0 Å². The molecule has 0 aliphatic carbocycles. The fraction of sp³-hybridized carbons (Fsp3) is 0.238. The van der Waals surface area contributed by atoms with E-state index in [0.717, 1.165) is 28.8 Å². The number of amides is 1. The molecule has 3 rings (SSSR count). The summed E-state index contributed by atoms with van der Waals surface area (Å²) in [6.07, 6.45) is -4.66. The molecule has 1 aromatic heterocycles. The quantitative estimate of drug-likeness (QED) is 0.526. The summed E-state index contributed by atoms with van der Waals surface area (Å²) >= 11 is 1.24. The first kappa shape index (κ1) is 23.9. The number of nitrogens with one attached hydrogen (secondary N) is 2. The maximum Gasteiger partial charge on any atom is 0.402 e. The fourth-order valence-electron chi connectivity index (χ4n) is 2.94. The molecular weight excluding hydrogens is 463 g/mol. The van der Waals surface area contributed by atoms with Crippen LogP contribution in [-0.4, -0.2) is 32.0 Å². The second kappa shape index (κ2) is 9.00. The number of alkyl halides is 3. The van der Waals surface area contributed by atoms with E-state index in [2.05, 4.69) is 10.3 Å².